The van der Waals surface area contributed by atoms with Crippen molar-refractivity contribution >= 4 is 20.4 Å². The Kier molecular flexibility index (Phi) is 6.81. The van der Waals surface area contributed by atoms with E-state index in [1.807, 2.05) is 0 Å². The van der Waals surface area contributed by atoms with Gasteiger partial charge in [0.1, 0.15) is 12.4 Å². The summed E-state index contributed by atoms with van der Waals surface area (Å²) in [7, 11) is -2.62. The largest absolute Gasteiger partial charge is 0.575 e. The molecule has 0 saturated heterocycles. The summed E-state index contributed by atoms with van der Waals surface area (Å²) in [6, 6.07) is 5.11. The molecule has 2 rings (SSSR count). The van der Waals surface area contributed by atoms with Crippen molar-refractivity contribution in [2.45, 2.75) is 26.5 Å². The Labute approximate surface area is 155 Å². The maximum Gasteiger partial charge on any atom is 0.395 e. The lowest BCUT2D eigenvalue weighted by Crippen LogP contribution is -2.13. The van der Waals surface area contributed by atoms with Gasteiger partial charge in [-0.3, -0.25) is 14.3 Å². The SMILES string of the molecule is Cc1ncc(COc2ccccc2O/[P+]([O-])=N/C(C)C(=O)O)c(C=O)c1O. The number of carbonyl (C=O) groups excluding carboxylic acids is 1. The van der Waals surface area contributed by atoms with E-state index >= 15 is 0 Å². The van der Waals surface area contributed by atoms with Crippen molar-refractivity contribution in [1.29, 1.82) is 0 Å². The molecule has 0 saturated carbocycles. The predicted octanol–water partition coefficient (Wildman–Crippen LogP) is 2.19. The Hall–Kier alpha value is -3.03. The van der Waals surface area contributed by atoms with Crippen LogP contribution in [-0.2, 0) is 11.4 Å². The van der Waals surface area contributed by atoms with E-state index in [4.69, 9.17) is 14.4 Å². The lowest BCUT2D eigenvalue weighted by atomic mass is 10.1. The Morgan fingerprint density at radius 3 is 2.70 bits per heavy atom. The van der Waals surface area contributed by atoms with Crippen LogP contribution >= 0.6 is 8.17 Å². The van der Waals surface area contributed by atoms with Crippen molar-refractivity contribution in [2.75, 3.05) is 0 Å². The smallest absolute Gasteiger partial charge is 0.395 e. The number of carboxylic acids is 1. The average Bonchev–Trinajstić information content (AvgIpc) is 2.63. The molecule has 2 N–H and O–H groups in total. The molecule has 27 heavy (non-hydrogen) atoms. The summed E-state index contributed by atoms with van der Waals surface area (Å²) in [4.78, 5) is 37.9. The lowest BCUT2D eigenvalue weighted by Gasteiger charge is -2.11. The second-order valence-corrected chi connectivity index (χ2v) is 6.33. The maximum absolute atomic E-state index is 11.9. The molecule has 9 nitrogen and oxygen atoms in total. The van der Waals surface area contributed by atoms with Gasteiger partial charge in [-0.1, -0.05) is 16.9 Å². The fourth-order valence-corrected chi connectivity index (χ4v) is 2.75. The molecule has 0 fully saturated rings. The number of pyridine rings is 1. The number of nitrogens with zero attached hydrogens (tertiary/aromatic N) is 2. The molecule has 0 radical (unpaired) electrons. The summed E-state index contributed by atoms with van der Waals surface area (Å²) >= 11 is 0. The highest BCUT2D eigenvalue weighted by molar-refractivity contribution is 7.34. The number of rotatable bonds is 8. The van der Waals surface area contributed by atoms with Gasteiger partial charge in [0, 0.05) is 11.8 Å². The van der Waals surface area contributed by atoms with E-state index in [9.17, 15) is 19.6 Å². The van der Waals surface area contributed by atoms with E-state index in [0.717, 1.165) is 0 Å². The number of hydrogen-bond donors (Lipinski definition) is 2. The molecule has 1 aromatic heterocycles. The number of carbonyl (C=O) groups is 2. The molecule has 1 heterocycles. The Balaban J connectivity index is 2.19. The predicted molar refractivity (Wildman–Crippen MR) is 93.9 cm³/mol. The zero-order chi connectivity index (χ0) is 20.0. The fraction of sp³-hybridized carbons (Fsp3) is 0.235. The number of aryl methyl sites for hydroxylation is 1. The molecule has 2 atom stereocenters. The van der Waals surface area contributed by atoms with E-state index in [1.54, 1.807) is 25.1 Å². The zero-order valence-corrected chi connectivity index (χ0v) is 15.4. The summed E-state index contributed by atoms with van der Waals surface area (Å²) in [5, 5.41) is 18.7. The highest BCUT2D eigenvalue weighted by Gasteiger charge is 2.18. The number of ether oxygens (including phenoxy) is 1. The van der Waals surface area contributed by atoms with Crippen LogP contribution in [0.4, 0.5) is 0 Å². The first-order valence-electron chi connectivity index (χ1n) is 7.76. The van der Waals surface area contributed by atoms with Gasteiger partial charge in [0.15, 0.2) is 18.1 Å². The molecule has 0 aliphatic heterocycles. The van der Waals surface area contributed by atoms with Crippen LogP contribution in [0.1, 0.15) is 28.5 Å². The van der Waals surface area contributed by atoms with E-state index in [1.165, 1.54) is 19.2 Å². The molecule has 0 spiro atoms. The monoisotopic (exact) mass is 392 g/mol. The van der Waals surface area contributed by atoms with Gasteiger partial charge in [0.05, 0.1) is 11.3 Å². The summed E-state index contributed by atoms with van der Waals surface area (Å²) < 4.78 is 14.3. The van der Waals surface area contributed by atoms with Crippen molar-refractivity contribution < 1.29 is 34.0 Å². The topological polar surface area (TPSA) is 141 Å². The van der Waals surface area contributed by atoms with Crippen LogP contribution in [-0.4, -0.2) is 33.5 Å². The number of aromatic nitrogens is 1. The van der Waals surface area contributed by atoms with Crippen molar-refractivity contribution in [2.24, 2.45) is 4.74 Å². The number of aromatic hydroxyl groups is 1. The number of aldehydes is 1. The van der Waals surface area contributed by atoms with Gasteiger partial charge in [-0.2, -0.15) is 0 Å². The molecule has 0 bridgehead atoms. The molecular formula is C17H17N2O7P. The first kappa shape index (κ1) is 20.3. The van der Waals surface area contributed by atoms with Crippen LogP contribution in [0, 0.1) is 6.92 Å². The number of aliphatic carboxylic acids is 1. The average molecular weight is 392 g/mol. The zero-order valence-electron chi connectivity index (χ0n) is 14.5. The Morgan fingerprint density at radius 1 is 1.41 bits per heavy atom. The third-order valence-corrected chi connectivity index (χ3v) is 4.40. The first-order chi connectivity index (χ1) is 12.8. The molecule has 1 aromatic carbocycles. The minimum Gasteiger partial charge on any atom is -0.575 e. The minimum atomic E-state index is -2.62. The van der Waals surface area contributed by atoms with Gasteiger partial charge in [0.2, 0.25) is 5.75 Å². The third-order valence-electron chi connectivity index (χ3n) is 3.51. The lowest BCUT2D eigenvalue weighted by molar-refractivity contribution is -0.169. The second-order valence-electron chi connectivity index (χ2n) is 5.44. The van der Waals surface area contributed by atoms with Gasteiger partial charge in [0.25, 0.3) is 0 Å². The number of benzene rings is 1. The van der Waals surface area contributed by atoms with Gasteiger partial charge in [-0.25, -0.2) is 4.79 Å². The van der Waals surface area contributed by atoms with Crippen LogP contribution in [0.15, 0.2) is 35.2 Å². The highest BCUT2D eigenvalue weighted by atomic mass is 31.1. The second kappa shape index (κ2) is 9.07. The number of hydrogen-bond acceptors (Lipinski definition) is 8. The highest BCUT2D eigenvalue weighted by Crippen LogP contribution is 2.34. The van der Waals surface area contributed by atoms with E-state index in [2.05, 4.69) is 9.73 Å². The molecule has 0 aliphatic rings. The Bertz CT molecular complexity index is 886. The van der Waals surface area contributed by atoms with Crippen LogP contribution in [0.5, 0.6) is 17.2 Å². The summed E-state index contributed by atoms with van der Waals surface area (Å²) in [6.07, 6.45) is 1.92. The quantitative estimate of drug-likeness (QED) is 0.514. The Morgan fingerprint density at radius 2 is 2.07 bits per heavy atom. The summed E-state index contributed by atoms with van der Waals surface area (Å²) in [5.41, 5.74) is 0.740. The van der Waals surface area contributed by atoms with Crippen molar-refractivity contribution in [3.63, 3.8) is 0 Å². The first-order valence-corrected chi connectivity index (χ1v) is 8.89. The molecule has 2 unspecified atom stereocenters. The summed E-state index contributed by atoms with van der Waals surface area (Å²) in [6.45, 7) is 2.74. The molecule has 142 valence electrons. The molecule has 0 aliphatic carbocycles. The van der Waals surface area contributed by atoms with Crippen LogP contribution in [0.25, 0.3) is 0 Å². The molecule has 2 aromatic rings. The van der Waals surface area contributed by atoms with Gasteiger partial charge in [-0.15, -0.1) is 0 Å². The third kappa shape index (κ3) is 5.22. The normalized spacial score (nSPS) is 12.3. The molecule has 10 heteroatoms. The van der Waals surface area contributed by atoms with Crippen LogP contribution < -0.4 is 14.2 Å². The van der Waals surface area contributed by atoms with Gasteiger partial charge in [-0.05, 0) is 26.0 Å². The minimum absolute atomic E-state index is 0.0669. The maximum atomic E-state index is 11.9. The van der Waals surface area contributed by atoms with E-state index < -0.39 is 20.2 Å². The molecule has 0 amide bonds. The van der Waals surface area contributed by atoms with E-state index in [0.29, 0.717) is 17.5 Å². The van der Waals surface area contributed by atoms with Crippen molar-refractivity contribution in [3.05, 3.63) is 47.3 Å². The van der Waals surface area contributed by atoms with Gasteiger partial charge < -0.3 is 19.8 Å². The standard InChI is InChI=1S/C17H17N2O7P/c1-10-16(21)13(8-20)12(7-18-10)9-25-14-5-3-4-6-15(14)26-27(24)19-11(2)17(22)23/h3-8,11,21H,9H2,1-2H3,(H,22,23). The fourth-order valence-electron chi connectivity index (χ4n) is 2.00. The number of para-hydroxylation sites is 2. The number of carboxylic acid groups (broad SMARTS) is 1. The molecular weight excluding hydrogens is 375 g/mol. The van der Waals surface area contributed by atoms with Crippen molar-refractivity contribution in [1.82, 2.24) is 4.98 Å². The van der Waals surface area contributed by atoms with Crippen molar-refractivity contribution in [3.8, 4) is 17.2 Å². The van der Waals surface area contributed by atoms with Crippen LogP contribution in [0.3, 0.4) is 0 Å². The van der Waals surface area contributed by atoms with Crippen LogP contribution in [0.2, 0.25) is 0 Å². The van der Waals surface area contributed by atoms with Gasteiger partial charge >= 0.3 is 14.1 Å². The van der Waals surface area contributed by atoms with E-state index in [-0.39, 0.29) is 29.4 Å². The summed E-state index contributed by atoms with van der Waals surface area (Å²) in [5.74, 6) is -1.15.